The van der Waals surface area contributed by atoms with Gasteiger partial charge in [-0.25, -0.2) is 4.79 Å². The van der Waals surface area contributed by atoms with Crippen molar-refractivity contribution in [1.29, 1.82) is 0 Å². The summed E-state index contributed by atoms with van der Waals surface area (Å²) in [6.45, 7) is 1.72. The van der Waals surface area contributed by atoms with Crippen molar-refractivity contribution < 1.29 is 14.0 Å². The van der Waals surface area contributed by atoms with E-state index in [2.05, 4.69) is 10.6 Å². The molecule has 1 atom stereocenters. The Morgan fingerprint density at radius 3 is 2.64 bits per heavy atom. The number of hydrogen-bond donors (Lipinski definition) is 2. The van der Waals surface area contributed by atoms with E-state index in [0.717, 1.165) is 11.4 Å². The lowest BCUT2D eigenvalue weighted by atomic mass is 10.1. The van der Waals surface area contributed by atoms with E-state index in [0.29, 0.717) is 25.2 Å². The van der Waals surface area contributed by atoms with E-state index in [1.807, 2.05) is 31.1 Å². The topological polar surface area (TPSA) is 77.8 Å². The molecule has 2 N–H and O–H groups in total. The van der Waals surface area contributed by atoms with Crippen LogP contribution in [-0.2, 0) is 0 Å². The number of urea groups is 1. The fourth-order valence-electron chi connectivity index (χ4n) is 2.82. The monoisotopic (exact) mass is 342 g/mol. The summed E-state index contributed by atoms with van der Waals surface area (Å²) in [6.07, 6.45) is 1.63. The summed E-state index contributed by atoms with van der Waals surface area (Å²) in [6, 6.07) is 10.6. The van der Waals surface area contributed by atoms with Gasteiger partial charge in [0.25, 0.3) is 5.91 Å². The Morgan fingerprint density at radius 1 is 1.32 bits per heavy atom. The minimum absolute atomic E-state index is 0.0356. The molecule has 0 saturated carbocycles. The third-order valence-corrected chi connectivity index (χ3v) is 4.25. The number of furan rings is 1. The second kappa shape index (κ2) is 7.40. The highest BCUT2D eigenvalue weighted by molar-refractivity contribution is 5.97. The molecule has 2 heterocycles. The lowest BCUT2D eigenvalue weighted by molar-refractivity contribution is 0.0939. The highest BCUT2D eigenvalue weighted by Gasteiger charge is 2.21. The zero-order valence-corrected chi connectivity index (χ0v) is 14.4. The van der Waals surface area contributed by atoms with Crippen LogP contribution in [0.15, 0.2) is 47.1 Å². The smallest absolute Gasteiger partial charge is 0.321 e. The number of nitrogens with zero attached hydrogens (tertiary/aromatic N) is 2. The third-order valence-electron chi connectivity index (χ3n) is 4.25. The van der Waals surface area contributed by atoms with Crippen LogP contribution in [0.4, 0.5) is 10.5 Å². The van der Waals surface area contributed by atoms with E-state index in [4.69, 9.17) is 4.42 Å². The number of carbonyl (C=O) groups is 2. The minimum Gasteiger partial charge on any atom is -0.468 e. The van der Waals surface area contributed by atoms with Crippen molar-refractivity contribution in [2.24, 2.45) is 0 Å². The van der Waals surface area contributed by atoms with Gasteiger partial charge < -0.3 is 15.1 Å². The Hall–Kier alpha value is -2.80. The highest BCUT2D eigenvalue weighted by atomic mass is 16.3. The lowest BCUT2D eigenvalue weighted by Crippen LogP contribution is -2.34. The molecule has 3 rings (SSSR count). The molecule has 25 heavy (non-hydrogen) atoms. The number of hydrogen-bond acceptors (Lipinski definition) is 4. The van der Waals surface area contributed by atoms with Crippen LogP contribution in [0, 0.1) is 0 Å². The minimum atomic E-state index is -0.157. The number of anilines is 1. The van der Waals surface area contributed by atoms with Gasteiger partial charge in [-0.2, -0.15) is 0 Å². The normalized spacial score (nSPS) is 15.3. The number of benzene rings is 1. The molecule has 2 aromatic rings. The number of likely N-dealkylation sites (N-methyl/N-ethyl adjacent to an activating group) is 1. The molecule has 0 aliphatic carbocycles. The maximum Gasteiger partial charge on any atom is 0.321 e. The fraction of sp³-hybridized carbons (Fsp3) is 0.333. The molecular formula is C18H22N4O3. The van der Waals surface area contributed by atoms with Crippen molar-refractivity contribution >= 4 is 17.6 Å². The summed E-state index contributed by atoms with van der Waals surface area (Å²) in [5.74, 6) is 0.650. The predicted molar refractivity (Wildman–Crippen MR) is 94.7 cm³/mol. The van der Waals surface area contributed by atoms with E-state index < -0.39 is 0 Å². The average molecular weight is 342 g/mol. The first-order valence-corrected chi connectivity index (χ1v) is 8.19. The zero-order chi connectivity index (χ0) is 17.8. The zero-order valence-electron chi connectivity index (χ0n) is 14.4. The number of rotatable bonds is 6. The predicted octanol–water partition coefficient (Wildman–Crippen LogP) is 1.84. The van der Waals surface area contributed by atoms with Gasteiger partial charge in [0, 0.05) is 30.9 Å². The van der Waals surface area contributed by atoms with Crippen LogP contribution in [-0.4, -0.2) is 50.6 Å². The number of amides is 3. The Morgan fingerprint density at radius 2 is 2.08 bits per heavy atom. The Kier molecular flexibility index (Phi) is 5.04. The Bertz CT molecular complexity index is 725. The summed E-state index contributed by atoms with van der Waals surface area (Å²) in [5.41, 5.74) is 1.34. The van der Waals surface area contributed by atoms with Gasteiger partial charge in [0.15, 0.2) is 0 Å². The quantitative estimate of drug-likeness (QED) is 0.840. The molecule has 0 bridgehead atoms. The SMILES string of the molecule is CN(C)[C@H](CNC(=O)c1ccc(N2CCNC2=O)cc1)c1ccco1. The number of nitrogens with one attached hydrogen (secondary N) is 2. The van der Waals surface area contributed by atoms with E-state index >= 15 is 0 Å². The second-order valence-electron chi connectivity index (χ2n) is 6.14. The van der Waals surface area contributed by atoms with E-state index in [-0.39, 0.29) is 18.0 Å². The summed E-state index contributed by atoms with van der Waals surface area (Å²) in [5, 5.41) is 5.69. The maximum atomic E-state index is 12.4. The maximum absolute atomic E-state index is 12.4. The fourth-order valence-corrected chi connectivity index (χ4v) is 2.82. The third kappa shape index (κ3) is 3.83. The van der Waals surface area contributed by atoms with E-state index in [1.54, 1.807) is 35.4 Å². The van der Waals surface area contributed by atoms with Gasteiger partial charge in [0.1, 0.15) is 5.76 Å². The van der Waals surface area contributed by atoms with Crippen LogP contribution in [0.5, 0.6) is 0 Å². The van der Waals surface area contributed by atoms with Crippen molar-refractivity contribution in [3.05, 3.63) is 54.0 Å². The van der Waals surface area contributed by atoms with Crippen molar-refractivity contribution in [2.75, 3.05) is 38.6 Å². The molecule has 7 nitrogen and oxygen atoms in total. The molecule has 0 unspecified atom stereocenters. The van der Waals surface area contributed by atoms with Gasteiger partial charge in [0.05, 0.1) is 12.3 Å². The molecular weight excluding hydrogens is 320 g/mol. The van der Waals surface area contributed by atoms with Crippen molar-refractivity contribution in [2.45, 2.75) is 6.04 Å². The molecule has 1 aromatic carbocycles. The van der Waals surface area contributed by atoms with Crippen LogP contribution >= 0.6 is 0 Å². The summed E-state index contributed by atoms with van der Waals surface area (Å²) in [7, 11) is 3.88. The van der Waals surface area contributed by atoms with Gasteiger partial charge >= 0.3 is 6.03 Å². The molecule has 7 heteroatoms. The van der Waals surface area contributed by atoms with Crippen LogP contribution in [0.2, 0.25) is 0 Å². The van der Waals surface area contributed by atoms with Crippen molar-refractivity contribution in [3.8, 4) is 0 Å². The molecule has 3 amide bonds. The van der Waals surface area contributed by atoms with Crippen molar-refractivity contribution in [1.82, 2.24) is 15.5 Å². The molecule has 1 aliphatic rings. The Labute approximate surface area is 146 Å². The molecule has 0 spiro atoms. The molecule has 1 saturated heterocycles. The van der Waals surface area contributed by atoms with Crippen LogP contribution < -0.4 is 15.5 Å². The lowest BCUT2D eigenvalue weighted by Gasteiger charge is -2.22. The molecule has 0 radical (unpaired) electrons. The summed E-state index contributed by atoms with van der Waals surface area (Å²) in [4.78, 5) is 27.7. The van der Waals surface area contributed by atoms with Gasteiger partial charge in [0.2, 0.25) is 0 Å². The van der Waals surface area contributed by atoms with Crippen LogP contribution in [0.1, 0.15) is 22.2 Å². The Balaban J connectivity index is 1.62. The molecule has 1 aliphatic heterocycles. The highest BCUT2D eigenvalue weighted by Crippen LogP contribution is 2.19. The first-order valence-electron chi connectivity index (χ1n) is 8.19. The molecule has 1 fully saturated rings. The summed E-state index contributed by atoms with van der Waals surface area (Å²) >= 11 is 0. The summed E-state index contributed by atoms with van der Waals surface area (Å²) < 4.78 is 5.44. The van der Waals surface area contributed by atoms with E-state index in [9.17, 15) is 9.59 Å². The van der Waals surface area contributed by atoms with Gasteiger partial charge in [-0.05, 0) is 50.5 Å². The van der Waals surface area contributed by atoms with Gasteiger partial charge in [-0.3, -0.25) is 14.6 Å². The number of carbonyl (C=O) groups excluding carboxylic acids is 2. The average Bonchev–Trinajstić information content (AvgIpc) is 3.26. The second-order valence-corrected chi connectivity index (χ2v) is 6.14. The first kappa shape index (κ1) is 17.0. The largest absolute Gasteiger partial charge is 0.468 e. The standard InChI is InChI=1S/C18H22N4O3/c1-21(2)15(16-4-3-11-25-16)12-20-17(23)13-5-7-14(8-6-13)22-10-9-19-18(22)24/h3-8,11,15H,9-10,12H2,1-2H3,(H,19,24)(H,20,23)/t15-/m1/s1. The molecule has 1 aromatic heterocycles. The van der Waals surface area contributed by atoms with Crippen LogP contribution in [0.25, 0.3) is 0 Å². The van der Waals surface area contributed by atoms with Crippen molar-refractivity contribution in [3.63, 3.8) is 0 Å². The van der Waals surface area contributed by atoms with Gasteiger partial charge in [-0.15, -0.1) is 0 Å². The van der Waals surface area contributed by atoms with Crippen LogP contribution in [0.3, 0.4) is 0 Å². The van der Waals surface area contributed by atoms with Gasteiger partial charge in [-0.1, -0.05) is 0 Å². The molecule has 132 valence electrons. The first-order chi connectivity index (χ1) is 12.1. The van der Waals surface area contributed by atoms with E-state index in [1.165, 1.54) is 0 Å².